The van der Waals surface area contributed by atoms with Gasteiger partial charge in [-0.25, -0.2) is 8.42 Å². The van der Waals surface area contributed by atoms with E-state index in [-0.39, 0.29) is 5.75 Å². The van der Waals surface area contributed by atoms with Crippen LogP contribution in [0.4, 0.5) is 0 Å². The van der Waals surface area contributed by atoms with Crippen molar-refractivity contribution in [3.8, 4) is 0 Å². The molecule has 2 aromatic carbocycles. The summed E-state index contributed by atoms with van der Waals surface area (Å²) >= 11 is 5.89. The molecule has 6 heteroatoms. The molecule has 128 valence electrons. The molecule has 0 N–H and O–H groups in total. The van der Waals surface area contributed by atoms with Crippen molar-refractivity contribution in [2.24, 2.45) is 0 Å². The van der Waals surface area contributed by atoms with Gasteiger partial charge in [-0.1, -0.05) is 54.1 Å². The number of amides is 1. The number of carbonyl (C=O) groups is 1. The average molecular weight is 366 g/mol. The van der Waals surface area contributed by atoms with Gasteiger partial charge in [0.15, 0.2) is 9.84 Å². The maximum atomic E-state index is 12.5. The van der Waals surface area contributed by atoms with E-state index in [9.17, 15) is 13.2 Å². The minimum absolute atomic E-state index is 0.209. The molecule has 0 aliphatic heterocycles. The minimum atomic E-state index is -3.62. The second-order valence-electron chi connectivity index (χ2n) is 5.76. The van der Waals surface area contributed by atoms with Crippen LogP contribution in [0.25, 0.3) is 0 Å². The molecule has 2 aromatic rings. The maximum Gasteiger partial charge on any atom is 0.240 e. The first kappa shape index (κ1) is 18.5. The molecule has 0 heterocycles. The molecule has 0 fully saturated rings. The Morgan fingerprint density at radius 2 is 1.71 bits per heavy atom. The van der Waals surface area contributed by atoms with Crippen LogP contribution in [-0.2, 0) is 26.9 Å². The zero-order valence-electron chi connectivity index (χ0n) is 13.6. The third kappa shape index (κ3) is 4.82. The maximum absolute atomic E-state index is 12.5. The highest BCUT2D eigenvalue weighted by Crippen LogP contribution is 2.17. The van der Waals surface area contributed by atoms with Gasteiger partial charge in [-0.3, -0.25) is 4.79 Å². The first-order valence-electron chi connectivity index (χ1n) is 7.54. The molecule has 0 aliphatic rings. The van der Waals surface area contributed by atoms with E-state index in [0.29, 0.717) is 17.1 Å². The summed E-state index contributed by atoms with van der Waals surface area (Å²) in [7, 11) is -2.00. The largest absolute Gasteiger partial charge is 0.340 e. The van der Waals surface area contributed by atoms with Gasteiger partial charge in [0.25, 0.3) is 0 Å². The van der Waals surface area contributed by atoms with Crippen LogP contribution < -0.4 is 0 Å². The van der Waals surface area contributed by atoms with E-state index in [4.69, 9.17) is 11.6 Å². The summed E-state index contributed by atoms with van der Waals surface area (Å²) in [6.07, 6.45) is 0. The van der Waals surface area contributed by atoms with Crippen molar-refractivity contribution in [1.29, 1.82) is 0 Å². The second kappa shape index (κ2) is 7.81. The molecule has 0 spiro atoms. The molecular weight excluding hydrogens is 346 g/mol. The molecule has 24 heavy (non-hydrogen) atoms. The fourth-order valence-electron chi connectivity index (χ4n) is 2.38. The number of carbonyl (C=O) groups excluding carboxylic acids is 1. The minimum Gasteiger partial charge on any atom is -0.340 e. The second-order valence-corrected chi connectivity index (χ2v) is 8.52. The first-order chi connectivity index (χ1) is 11.3. The number of benzene rings is 2. The van der Waals surface area contributed by atoms with Gasteiger partial charge in [0, 0.05) is 18.6 Å². The van der Waals surface area contributed by atoms with E-state index >= 15 is 0 Å². The number of halogens is 1. The van der Waals surface area contributed by atoms with Crippen LogP contribution in [0.5, 0.6) is 0 Å². The fourth-order valence-corrected chi connectivity index (χ4v) is 3.98. The fraction of sp³-hybridized carbons (Fsp3) is 0.278. The third-order valence-electron chi connectivity index (χ3n) is 3.78. The molecule has 0 aromatic heterocycles. The van der Waals surface area contributed by atoms with Crippen molar-refractivity contribution in [3.05, 3.63) is 70.7 Å². The van der Waals surface area contributed by atoms with E-state index in [1.807, 2.05) is 30.3 Å². The Bertz CT molecular complexity index is 806. The van der Waals surface area contributed by atoms with Gasteiger partial charge in [-0.2, -0.15) is 0 Å². The summed E-state index contributed by atoms with van der Waals surface area (Å²) in [6.45, 7) is 1.81. The Morgan fingerprint density at radius 1 is 1.08 bits per heavy atom. The molecule has 4 nitrogen and oxygen atoms in total. The third-order valence-corrected chi connectivity index (χ3v) is 6.03. The lowest BCUT2D eigenvalue weighted by Gasteiger charge is -2.21. The van der Waals surface area contributed by atoms with Crippen molar-refractivity contribution in [3.63, 3.8) is 0 Å². The zero-order valence-corrected chi connectivity index (χ0v) is 15.2. The van der Waals surface area contributed by atoms with Crippen molar-refractivity contribution >= 4 is 27.3 Å². The van der Waals surface area contributed by atoms with Crippen LogP contribution in [0.1, 0.15) is 18.1 Å². The SMILES string of the molecule is C[C@@H](C(=O)N(C)Cc1ccccc1)S(=O)(=O)Cc1cccc(Cl)c1. The zero-order chi connectivity index (χ0) is 17.7. The molecule has 2 rings (SSSR count). The highest BCUT2D eigenvalue weighted by molar-refractivity contribution is 7.92. The van der Waals surface area contributed by atoms with Crippen molar-refractivity contribution < 1.29 is 13.2 Å². The standard InChI is InChI=1S/C18H20ClNO3S/c1-14(18(21)20(2)12-15-7-4-3-5-8-15)24(22,23)13-16-9-6-10-17(19)11-16/h3-11,14H,12-13H2,1-2H3/t14-/m0/s1. The van der Waals surface area contributed by atoms with Crippen LogP contribution in [0.15, 0.2) is 54.6 Å². The molecule has 1 amide bonds. The number of sulfone groups is 1. The normalized spacial score (nSPS) is 12.6. The Morgan fingerprint density at radius 3 is 2.33 bits per heavy atom. The predicted molar refractivity (Wildman–Crippen MR) is 96.5 cm³/mol. The summed E-state index contributed by atoms with van der Waals surface area (Å²) in [5.41, 5.74) is 1.53. The summed E-state index contributed by atoms with van der Waals surface area (Å²) in [6, 6.07) is 16.1. The Balaban J connectivity index is 2.08. The summed E-state index contributed by atoms with van der Waals surface area (Å²) in [5, 5.41) is -0.631. The van der Waals surface area contributed by atoms with Crippen molar-refractivity contribution in [2.45, 2.75) is 24.5 Å². The van der Waals surface area contributed by atoms with E-state index in [1.54, 1.807) is 31.3 Å². The topological polar surface area (TPSA) is 54.5 Å². The molecule has 0 unspecified atom stereocenters. The van der Waals surface area contributed by atoms with Gasteiger partial charge in [0.2, 0.25) is 5.91 Å². The number of rotatable bonds is 6. The number of hydrogen-bond acceptors (Lipinski definition) is 3. The lowest BCUT2D eigenvalue weighted by Crippen LogP contribution is -2.39. The molecule has 1 atom stereocenters. The van der Waals surface area contributed by atoms with E-state index in [2.05, 4.69) is 0 Å². The van der Waals surface area contributed by atoms with Crippen LogP contribution in [0, 0.1) is 0 Å². The summed E-state index contributed by atoms with van der Waals surface area (Å²) < 4.78 is 25.0. The Labute approximate surface area is 148 Å². The monoisotopic (exact) mass is 365 g/mol. The summed E-state index contributed by atoms with van der Waals surface area (Å²) in [5.74, 6) is -0.625. The molecule has 0 saturated heterocycles. The Hall–Kier alpha value is -1.85. The van der Waals surface area contributed by atoms with Crippen molar-refractivity contribution in [1.82, 2.24) is 4.90 Å². The van der Waals surface area contributed by atoms with Gasteiger partial charge in [0.05, 0.1) is 5.75 Å². The van der Waals surface area contributed by atoms with Gasteiger partial charge in [0.1, 0.15) is 5.25 Å². The predicted octanol–water partition coefficient (Wildman–Crippen LogP) is 3.30. The van der Waals surface area contributed by atoms with Crippen LogP contribution in [-0.4, -0.2) is 31.5 Å². The van der Waals surface area contributed by atoms with Gasteiger partial charge in [-0.15, -0.1) is 0 Å². The number of nitrogens with zero attached hydrogens (tertiary/aromatic N) is 1. The van der Waals surface area contributed by atoms with Crippen LogP contribution in [0.3, 0.4) is 0 Å². The summed E-state index contributed by atoms with van der Waals surface area (Å²) in [4.78, 5) is 13.9. The molecule has 0 aliphatic carbocycles. The smallest absolute Gasteiger partial charge is 0.240 e. The molecule has 0 saturated carbocycles. The lowest BCUT2D eigenvalue weighted by atomic mass is 10.2. The first-order valence-corrected chi connectivity index (χ1v) is 9.64. The van der Waals surface area contributed by atoms with Gasteiger partial charge in [-0.05, 0) is 30.2 Å². The number of hydrogen-bond donors (Lipinski definition) is 0. The van der Waals surface area contributed by atoms with E-state index < -0.39 is 21.0 Å². The van der Waals surface area contributed by atoms with E-state index in [1.165, 1.54) is 11.8 Å². The van der Waals surface area contributed by atoms with Crippen molar-refractivity contribution in [2.75, 3.05) is 7.05 Å². The Kier molecular flexibility index (Phi) is 6.02. The average Bonchev–Trinajstić information content (AvgIpc) is 2.54. The molecule has 0 radical (unpaired) electrons. The van der Waals surface area contributed by atoms with Gasteiger partial charge < -0.3 is 4.90 Å². The highest BCUT2D eigenvalue weighted by atomic mass is 35.5. The van der Waals surface area contributed by atoms with E-state index in [0.717, 1.165) is 5.56 Å². The van der Waals surface area contributed by atoms with Crippen LogP contribution in [0.2, 0.25) is 5.02 Å². The quantitative estimate of drug-likeness (QED) is 0.789. The van der Waals surface area contributed by atoms with Crippen LogP contribution >= 0.6 is 11.6 Å². The lowest BCUT2D eigenvalue weighted by molar-refractivity contribution is -0.129. The van der Waals surface area contributed by atoms with Gasteiger partial charge >= 0.3 is 0 Å². The molecular formula is C18H20ClNO3S. The highest BCUT2D eigenvalue weighted by Gasteiger charge is 2.30. The molecule has 0 bridgehead atoms.